The Bertz CT molecular complexity index is 2010. The number of aromatic nitrogens is 2. The van der Waals surface area contributed by atoms with Crippen LogP contribution in [0.25, 0.3) is 10.9 Å². The summed E-state index contributed by atoms with van der Waals surface area (Å²) in [7, 11) is 3.41. The normalized spacial score (nSPS) is 13.5. The highest BCUT2D eigenvalue weighted by Crippen LogP contribution is 2.33. The number of carbonyl (C=O) groups excluding carboxylic acids is 2. The summed E-state index contributed by atoms with van der Waals surface area (Å²) in [4.78, 5) is 36.5. The van der Waals surface area contributed by atoms with Gasteiger partial charge in [0.15, 0.2) is 0 Å². The maximum Gasteiger partial charge on any atom is 0.416 e. The molecule has 0 aliphatic carbocycles. The minimum atomic E-state index is -4.48. The van der Waals surface area contributed by atoms with Gasteiger partial charge in [-0.2, -0.15) is 13.2 Å². The van der Waals surface area contributed by atoms with Crippen molar-refractivity contribution in [2.45, 2.75) is 33.0 Å². The van der Waals surface area contributed by atoms with E-state index in [9.17, 15) is 22.8 Å². The van der Waals surface area contributed by atoms with Crippen LogP contribution in [0.3, 0.4) is 0 Å². The van der Waals surface area contributed by atoms with Crippen LogP contribution >= 0.6 is 17.0 Å². The SMILES string of the molecule is Br.CCCOc1ccc(CN2CCN(C(=O)c3cc4c(C)c(Oc5ccc(N(C)C(=O)c6ccc(C(F)(F)F)cc6)cn5)ccc4n3C)CC2)cc1. The summed E-state index contributed by atoms with van der Waals surface area (Å²) in [6.45, 7) is 8.38. The van der Waals surface area contributed by atoms with Gasteiger partial charge < -0.3 is 23.8 Å². The minimum absolute atomic E-state index is 0. The first-order chi connectivity index (χ1) is 24.4. The highest BCUT2D eigenvalue weighted by molar-refractivity contribution is 8.93. The van der Waals surface area contributed by atoms with Gasteiger partial charge in [0.05, 0.1) is 24.1 Å². The fourth-order valence-corrected chi connectivity index (χ4v) is 6.14. The molecule has 6 rings (SSSR count). The highest BCUT2D eigenvalue weighted by Gasteiger charge is 2.30. The van der Waals surface area contributed by atoms with E-state index in [0.29, 0.717) is 42.7 Å². The molecule has 0 radical (unpaired) electrons. The molecule has 5 aromatic rings. The number of rotatable bonds is 10. The molecule has 0 saturated carbocycles. The number of alkyl halides is 3. The first-order valence-electron chi connectivity index (χ1n) is 16.8. The topological polar surface area (TPSA) is 80.1 Å². The van der Waals surface area contributed by atoms with Gasteiger partial charge in [-0.3, -0.25) is 14.5 Å². The van der Waals surface area contributed by atoms with E-state index in [-0.39, 0.29) is 28.5 Å². The van der Waals surface area contributed by atoms with Crippen LogP contribution in [-0.4, -0.2) is 71.0 Å². The zero-order valence-corrected chi connectivity index (χ0v) is 31.2. The number of fused-ring (bicyclic) bond motifs is 1. The third-order valence-corrected chi connectivity index (χ3v) is 9.21. The second-order valence-corrected chi connectivity index (χ2v) is 12.7. The molecule has 1 saturated heterocycles. The van der Waals surface area contributed by atoms with E-state index in [2.05, 4.69) is 28.9 Å². The van der Waals surface area contributed by atoms with Crippen molar-refractivity contribution in [1.82, 2.24) is 19.4 Å². The van der Waals surface area contributed by atoms with Crippen molar-refractivity contribution in [3.05, 3.63) is 113 Å². The molecule has 0 atom stereocenters. The quantitative estimate of drug-likeness (QED) is 0.142. The van der Waals surface area contributed by atoms with E-state index in [1.807, 2.05) is 53.8 Å². The number of benzene rings is 3. The largest absolute Gasteiger partial charge is 0.494 e. The average molecular weight is 781 g/mol. The third kappa shape index (κ3) is 8.42. The Morgan fingerprint density at radius 3 is 2.23 bits per heavy atom. The number of amides is 2. The summed E-state index contributed by atoms with van der Waals surface area (Å²) in [6.07, 6.45) is -2.05. The molecule has 3 heterocycles. The van der Waals surface area contributed by atoms with Crippen LogP contribution < -0.4 is 14.4 Å². The first-order valence-corrected chi connectivity index (χ1v) is 16.8. The molecule has 0 bridgehead atoms. The van der Waals surface area contributed by atoms with Crippen LogP contribution in [0.15, 0.2) is 85.1 Å². The number of aryl methyl sites for hydroxylation is 2. The van der Waals surface area contributed by atoms with E-state index < -0.39 is 17.6 Å². The number of anilines is 1. The van der Waals surface area contributed by atoms with Gasteiger partial charge in [0, 0.05) is 74.9 Å². The molecule has 0 spiro atoms. The lowest BCUT2D eigenvalue weighted by Gasteiger charge is -2.34. The van der Waals surface area contributed by atoms with Crippen molar-refractivity contribution in [1.29, 1.82) is 0 Å². The fourth-order valence-electron chi connectivity index (χ4n) is 6.14. The molecule has 52 heavy (non-hydrogen) atoms. The van der Waals surface area contributed by atoms with Crippen LogP contribution in [-0.2, 0) is 19.8 Å². The Kier molecular flexibility index (Phi) is 12.0. The zero-order chi connectivity index (χ0) is 36.3. The van der Waals surface area contributed by atoms with Crippen LogP contribution in [0.1, 0.15) is 50.9 Å². The maximum absolute atomic E-state index is 13.7. The van der Waals surface area contributed by atoms with E-state index in [1.54, 1.807) is 12.1 Å². The lowest BCUT2D eigenvalue weighted by atomic mass is 10.1. The second kappa shape index (κ2) is 16.2. The third-order valence-electron chi connectivity index (χ3n) is 9.21. The van der Waals surface area contributed by atoms with Gasteiger partial charge in [-0.1, -0.05) is 19.1 Å². The first kappa shape index (κ1) is 38.4. The number of halogens is 4. The molecule has 1 aliphatic rings. The molecule has 274 valence electrons. The van der Waals surface area contributed by atoms with E-state index >= 15 is 0 Å². The predicted molar refractivity (Wildman–Crippen MR) is 200 cm³/mol. The molecule has 2 amide bonds. The number of hydrogen-bond donors (Lipinski definition) is 0. The Hall–Kier alpha value is -4.88. The molecule has 1 fully saturated rings. The van der Waals surface area contributed by atoms with E-state index in [1.165, 1.54) is 23.7 Å². The van der Waals surface area contributed by atoms with Crippen LogP contribution in [0.4, 0.5) is 18.9 Å². The number of pyridine rings is 1. The lowest BCUT2D eigenvalue weighted by molar-refractivity contribution is -0.137. The van der Waals surface area contributed by atoms with Gasteiger partial charge >= 0.3 is 6.18 Å². The Morgan fingerprint density at radius 2 is 1.62 bits per heavy atom. The maximum atomic E-state index is 13.7. The Balaban J connectivity index is 0.00000523. The summed E-state index contributed by atoms with van der Waals surface area (Å²) in [5.74, 6) is 1.26. The van der Waals surface area contributed by atoms with Gasteiger partial charge in [0.2, 0.25) is 5.88 Å². The summed E-state index contributed by atoms with van der Waals surface area (Å²) in [6, 6.07) is 21.2. The van der Waals surface area contributed by atoms with Crippen molar-refractivity contribution >= 4 is 45.4 Å². The summed E-state index contributed by atoms with van der Waals surface area (Å²) < 4.78 is 52.5. The minimum Gasteiger partial charge on any atom is -0.494 e. The Labute approximate surface area is 311 Å². The molecule has 0 unspecified atom stereocenters. The van der Waals surface area contributed by atoms with Gasteiger partial charge in [-0.25, -0.2) is 4.98 Å². The Morgan fingerprint density at radius 1 is 0.923 bits per heavy atom. The van der Waals surface area contributed by atoms with E-state index in [0.717, 1.165) is 72.5 Å². The van der Waals surface area contributed by atoms with Crippen LogP contribution in [0.5, 0.6) is 17.4 Å². The van der Waals surface area contributed by atoms with Crippen molar-refractivity contribution in [2.75, 3.05) is 44.7 Å². The number of nitrogens with zero attached hydrogens (tertiary/aromatic N) is 5. The molecule has 0 N–H and O–H groups in total. The standard InChI is InChI=1S/C39H40F3N5O4.BrH/c1-5-22-50-31-13-6-27(7-14-31)25-46-18-20-47(21-19-46)38(49)34-23-32-26(2)35(16-15-33(32)45(34)4)51-36-17-12-30(24-43-36)44(3)37(48)28-8-10-29(11-9-28)39(40,41)42;/h6-17,23-24H,5,18-22,25H2,1-4H3;1H. The summed E-state index contributed by atoms with van der Waals surface area (Å²) >= 11 is 0. The highest BCUT2D eigenvalue weighted by atomic mass is 79.9. The second-order valence-electron chi connectivity index (χ2n) is 12.7. The van der Waals surface area contributed by atoms with Gasteiger partial charge in [-0.05, 0) is 79.6 Å². The average Bonchev–Trinajstić information content (AvgIpc) is 3.48. The molecule has 1 aliphatic heterocycles. The lowest BCUT2D eigenvalue weighted by Crippen LogP contribution is -2.48. The summed E-state index contributed by atoms with van der Waals surface area (Å²) in [5, 5.41) is 0.891. The number of ether oxygens (including phenoxy) is 2. The molecular weight excluding hydrogens is 739 g/mol. The molecule has 13 heteroatoms. The predicted octanol–water partition coefficient (Wildman–Crippen LogP) is 8.29. The van der Waals surface area contributed by atoms with Crippen molar-refractivity contribution in [2.24, 2.45) is 7.05 Å². The monoisotopic (exact) mass is 779 g/mol. The molecule has 9 nitrogen and oxygen atoms in total. The summed E-state index contributed by atoms with van der Waals surface area (Å²) in [5.41, 5.74) is 3.30. The van der Waals surface area contributed by atoms with E-state index in [4.69, 9.17) is 9.47 Å². The number of carbonyl (C=O) groups is 2. The van der Waals surface area contributed by atoms with Crippen LogP contribution in [0.2, 0.25) is 0 Å². The number of piperazine rings is 1. The van der Waals surface area contributed by atoms with Gasteiger partial charge in [0.1, 0.15) is 17.2 Å². The van der Waals surface area contributed by atoms with Crippen LogP contribution in [0, 0.1) is 6.92 Å². The molecule has 2 aromatic heterocycles. The van der Waals surface area contributed by atoms with Gasteiger partial charge in [0.25, 0.3) is 11.8 Å². The number of hydrogen-bond acceptors (Lipinski definition) is 6. The van der Waals surface area contributed by atoms with Crippen molar-refractivity contribution < 1.29 is 32.2 Å². The smallest absolute Gasteiger partial charge is 0.416 e. The van der Waals surface area contributed by atoms with Crippen molar-refractivity contribution in [3.8, 4) is 17.4 Å². The van der Waals surface area contributed by atoms with Crippen molar-refractivity contribution in [3.63, 3.8) is 0 Å². The van der Waals surface area contributed by atoms with Gasteiger partial charge in [-0.15, -0.1) is 17.0 Å². The molecule has 3 aromatic carbocycles. The molecular formula is C39H41BrF3N5O4. The zero-order valence-electron chi connectivity index (χ0n) is 29.4. The fraction of sp³-hybridized carbons (Fsp3) is 0.308.